The lowest BCUT2D eigenvalue weighted by atomic mass is 10.2. The Morgan fingerprint density at radius 1 is 1.37 bits per heavy atom. The minimum Gasteiger partial charge on any atom is -0.455 e. The zero-order valence-corrected chi connectivity index (χ0v) is 11.8. The molecule has 2 rings (SSSR count). The van der Waals surface area contributed by atoms with E-state index < -0.39 is 15.7 Å². The monoisotopic (exact) mass is 274 g/mol. The van der Waals surface area contributed by atoms with Crippen LogP contribution in [0, 0.1) is 11.3 Å². The van der Waals surface area contributed by atoms with Crippen molar-refractivity contribution in [1.82, 2.24) is 0 Å². The van der Waals surface area contributed by atoms with E-state index in [0.29, 0.717) is 16.9 Å². The van der Waals surface area contributed by atoms with Crippen molar-refractivity contribution < 1.29 is 8.63 Å². The minimum atomic E-state index is -1.31. The summed E-state index contributed by atoms with van der Waals surface area (Å²) in [7, 11) is -1.31. The summed E-state index contributed by atoms with van der Waals surface area (Å²) in [5, 5.41) is 9.66. The molecule has 1 aromatic heterocycles. The third-order valence-electron chi connectivity index (χ3n) is 2.46. The molecule has 0 amide bonds. The molecule has 0 saturated carbocycles. The summed E-state index contributed by atoms with van der Waals surface area (Å²) in [6.07, 6.45) is 1.47. The summed E-state index contributed by atoms with van der Waals surface area (Å²) >= 11 is 0. The number of benzene rings is 1. The fourth-order valence-electron chi connectivity index (χ4n) is 1.45. The first-order chi connectivity index (χ1) is 8.90. The molecule has 0 bridgehead atoms. The van der Waals surface area contributed by atoms with Gasteiger partial charge in [0, 0.05) is 5.39 Å². The molecule has 4 nitrogen and oxygen atoms in total. The van der Waals surface area contributed by atoms with E-state index in [0.717, 1.165) is 5.39 Å². The highest BCUT2D eigenvalue weighted by atomic mass is 32.2. The number of hydrogen-bond acceptors (Lipinski definition) is 3. The van der Waals surface area contributed by atoms with Gasteiger partial charge in [0.2, 0.25) is 0 Å². The zero-order chi connectivity index (χ0) is 14.0. The van der Waals surface area contributed by atoms with E-state index in [9.17, 15) is 4.21 Å². The summed E-state index contributed by atoms with van der Waals surface area (Å²) in [6.45, 7) is 5.58. The maximum atomic E-state index is 11.8. The van der Waals surface area contributed by atoms with Gasteiger partial charge in [-0.05, 0) is 45.0 Å². The highest BCUT2D eigenvalue weighted by molar-refractivity contribution is 7.85. The Bertz CT molecular complexity index is 702. The highest BCUT2D eigenvalue weighted by Crippen LogP contribution is 2.20. The average Bonchev–Trinajstić information content (AvgIpc) is 2.76. The molecule has 0 saturated heterocycles. The Labute approximate surface area is 114 Å². The van der Waals surface area contributed by atoms with Crippen LogP contribution in [-0.4, -0.2) is 15.2 Å². The fraction of sp³-hybridized carbons (Fsp3) is 0.286. The van der Waals surface area contributed by atoms with E-state index in [4.69, 9.17) is 9.68 Å². The number of rotatable bonds is 2. The van der Waals surface area contributed by atoms with Crippen LogP contribution in [0.25, 0.3) is 11.0 Å². The summed E-state index contributed by atoms with van der Waals surface area (Å²) in [6, 6.07) is 9.04. The first-order valence-corrected chi connectivity index (χ1v) is 6.90. The smallest absolute Gasteiger partial charge is 0.147 e. The van der Waals surface area contributed by atoms with Gasteiger partial charge in [0.05, 0.1) is 22.6 Å². The number of nitriles is 1. The van der Waals surface area contributed by atoms with Crippen molar-refractivity contribution in [2.75, 3.05) is 0 Å². The van der Waals surface area contributed by atoms with Crippen LogP contribution in [0.15, 0.2) is 33.1 Å². The van der Waals surface area contributed by atoms with Crippen molar-refractivity contribution >= 4 is 28.2 Å². The third kappa shape index (κ3) is 3.09. The van der Waals surface area contributed by atoms with Crippen LogP contribution < -0.4 is 0 Å². The van der Waals surface area contributed by atoms with Crippen molar-refractivity contribution in [1.29, 1.82) is 5.26 Å². The number of fused-ring (bicyclic) bond motifs is 1. The largest absolute Gasteiger partial charge is 0.455 e. The van der Waals surface area contributed by atoms with Crippen LogP contribution in [0.5, 0.6) is 0 Å². The van der Waals surface area contributed by atoms with E-state index in [1.807, 2.05) is 20.8 Å². The quantitative estimate of drug-likeness (QED) is 0.790. The summed E-state index contributed by atoms with van der Waals surface area (Å²) < 4.78 is 20.9. The van der Waals surface area contributed by atoms with E-state index in [2.05, 4.69) is 10.5 Å². The van der Waals surface area contributed by atoms with Gasteiger partial charge in [-0.15, -0.1) is 0 Å². The van der Waals surface area contributed by atoms with Crippen LogP contribution >= 0.6 is 0 Å². The maximum Gasteiger partial charge on any atom is 0.147 e. The summed E-state index contributed by atoms with van der Waals surface area (Å²) in [5.74, 6) is 0.530. The van der Waals surface area contributed by atoms with Gasteiger partial charge < -0.3 is 4.42 Å². The predicted molar refractivity (Wildman–Crippen MR) is 76.4 cm³/mol. The van der Waals surface area contributed by atoms with Crippen molar-refractivity contribution in [3.8, 4) is 6.07 Å². The number of furan rings is 1. The third-order valence-corrected chi connectivity index (χ3v) is 3.81. The van der Waals surface area contributed by atoms with Gasteiger partial charge >= 0.3 is 0 Å². The van der Waals surface area contributed by atoms with E-state index >= 15 is 0 Å². The predicted octanol–water partition coefficient (Wildman–Crippen LogP) is 3.19. The molecule has 98 valence electrons. The fourth-order valence-corrected chi connectivity index (χ4v) is 1.97. The normalized spacial score (nSPS) is 13.8. The molecule has 1 unspecified atom stereocenters. The number of hydrogen-bond donors (Lipinski definition) is 0. The molecule has 19 heavy (non-hydrogen) atoms. The van der Waals surface area contributed by atoms with Crippen molar-refractivity contribution in [2.24, 2.45) is 4.40 Å². The lowest BCUT2D eigenvalue weighted by molar-refractivity contribution is 0.607. The molecule has 0 spiro atoms. The summed E-state index contributed by atoms with van der Waals surface area (Å²) in [4.78, 5) is 0. The van der Waals surface area contributed by atoms with E-state index in [1.165, 1.54) is 6.21 Å². The van der Waals surface area contributed by atoms with Crippen LogP contribution in [0.1, 0.15) is 32.1 Å². The molecule has 0 radical (unpaired) electrons. The zero-order valence-electron chi connectivity index (χ0n) is 11.0. The van der Waals surface area contributed by atoms with Gasteiger partial charge in [0.1, 0.15) is 22.3 Å². The standard InChI is InChI=1S/C14H14N2O2S/c1-14(2,3)19(17)16-9-12-7-11-6-10(8-15)4-5-13(11)18-12/h4-7,9H,1-3H3. The average molecular weight is 274 g/mol. The van der Waals surface area contributed by atoms with Gasteiger partial charge in [-0.25, -0.2) is 4.21 Å². The Morgan fingerprint density at radius 3 is 2.74 bits per heavy atom. The molecular weight excluding hydrogens is 260 g/mol. The van der Waals surface area contributed by atoms with Crippen molar-refractivity contribution in [2.45, 2.75) is 25.5 Å². The second-order valence-corrected chi connectivity index (χ2v) is 7.04. The van der Waals surface area contributed by atoms with Crippen LogP contribution in [0.3, 0.4) is 0 Å². The van der Waals surface area contributed by atoms with Crippen molar-refractivity contribution in [3.63, 3.8) is 0 Å². The molecule has 5 heteroatoms. The Hall–Kier alpha value is -1.93. The molecule has 0 aliphatic carbocycles. The van der Waals surface area contributed by atoms with Gasteiger partial charge in [-0.1, -0.05) is 0 Å². The summed E-state index contributed by atoms with van der Waals surface area (Å²) in [5.41, 5.74) is 1.26. The maximum absolute atomic E-state index is 11.8. The topological polar surface area (TPSA) is 66.4 Å². The number of nitrogens with zero attached hydrogens (tertiary/aromatic N) is 2. The second-order valence-electron chi connectivity index (χ2n) is 5.11. The molecule has 0 N–H and O–H groups in total. The molecule has 1 heterocycles. The van der Waals surface area contributed by atoms with Crippen molar-refractivity contribution in [3.05, 3.63) is 35.6 Å². The first-order valence-electron chi connectivity index (χ1n) is 5.80. The molecular formula is C14H14N2O2S. The molecule has 1 aromatic carbocycles. The molecule has 1 atom stereocenters. The van der Waals surface area contributed by atoms with Gasteiger partial charge in [0.15, 0.2) is 0 Å². The van der Waals surface area contributed by atoms with Gasteiger partial charge in [0.25, 0.3) is 0 Å². The van der Waals surface area contributed by atoms with Crippen LogP contribution in [-0.2, 0) is 11.0 Å². The highest BCUT2D eigenvalue weighted by Gasteiger charge is 2.18. The van der Waals surface area contributed by atoms with Crippen LogP contribution in [0.2, 0.25) is 0 Å². The van der Waals surface area contributed by atoms with E-state index in [1.54, 1.807) is 24.3 Å². The molecule has 0 aliphatic rings. The molecule has 0 aliphatic heterocycles. The van der Waals surface area contributed by atoms with Crippen LogP contribution in [0.4, 0.5) is 0 Å². The van der Waals surface area contributed by atoms with E-state index in [-0.39, 0.29) is 0 Å². The lowest BCUT2D eigenvalue weighted by Gasteiger charge is -2.12. The second kappa shape index (κ2) is 4.98. The Balaban J connectivity index is 2.30. The lowest BCUT2D eigenvalue weighted by Crippen LogP contribution is -2.19. The first kappa shape index (κ1) is 13.5. The van der Waals surface area contributed by atoms with Gasteiger partial charge in [-0.2, -0.15) is 9.66 Å². The Morgan fingerprint density at radius 2 is 2.11 bits per heavy atom. The van der Waals surface area contributed by atoms with Gasteiger partial charge in [-0.3, -0.25) is 0 Å². The molecule has 0 fully saturated rings. The SMILES string of the molecule is CC(C)(C)S(=O)N=Cc1cc2cc(C#N)ccc2o1. The molecule has 2 aromatic rings. The minimum absolute atomic E-state index is 0.392. The Kier molecular flexibility index (Phi) is 3.54.